The molecule has 0 N–H and O–H groups in total. The lowest BCUT2D eigenvalue weighted by atomic mass is 10.0. The smallest absolute Gasteiger partial charge is 0.337 e. The number of nitrogens with zero attached hydrogens (tertiary/aromatic N) is 1. The summed E-state index contributed by atoms with van der Waals surface area (Å²) in [6.07, 6.45) is 2.12. The van der Waals surface area contributed by atoms with E-state index in [1.807, 2.05) is 25.2 Å². The number of hydrogen-bond acceptors (Lipinski definition) is 2. The van der Waals surface area contributed by atoms with Crippen molar-refractivity contribution in [2.75, 3.05) is 7.11 Å². The van der Waals surface area contributed by atoms with Gasteiger partial charge >= 0.3 is 5.97 Å². The zero-order valence-electron chi connectivity index (χ0n) is 10.7. The van der Waals surface area contributed by atoms with Crippen LogP contribution in [0.15, 0.2) is 24.4 Å². The predicted molar refractivity (Wildman–Crippen MR) is 68.3 cm³/mol. The second-order valence-electron chi connectivity index (χ2n) is 4.57. The van der Waals surface area contributed by atoms with E-state index in [2.05, 4.69) is 24.6 Å². The van der Waals surface area contributed by atoms with E-state index in [1.54, 1.807) is 0 Å². The van der Waals surface area contributed by atoms with Crippen molar-refractivity contribution in [3.63, 3.8) is 0 Å². The number of hydrogen-bond donors (Lipinski definition) is 0. The van der Waals surface area contributed by atoms with E-state index in [0.717, 1.165) is 5.52 Å². The molecule has 90 valence electrons. The Bertz CT molecular complexity index is 567. The second kappa shape index (κ2) is 4.24. The van der Waals surface area contributed by atoms with Crippen LogP contribution >= 0.6 is 0 Å². The summed E-state index contributed by atoms with van der Waals surface area (Å²) in [6, 6.07) is 5.70. The lowest BCUT2D eigenvalue weighted by Gasteiger charge is -2.03. The second-order valence-corrected chi connectivity index (χ2v) is 4.57. The summed E-state index contributed by atoms with van der Waals surface area (Å²) in [5, 5.41) is 1.20. The fraction of sp³-hybridized carbons (Fsp3) is 0.357. The minimum Gasteiger partial charge on any atom is -0.465 e. The third kappa shape index (κ3) is 1.93. The largest absolute Gasteiger partial charge is 0.465 e. The highest BCUT2D eigenvalue weighted by Crippen LogP contribution is 2.27. The fourth-order valence-corrected chi connectivity index (χ4v) is 2.12. The number of carbonyl (C=O) groups is 1. The Labute approximate surface area is 101 Å². The van der Waals surface area contributed by atoms with Gasteiger partial charge in [0.05, 0.1) is 12.7 Å². The molecule has 0 saturated carbocycles. The van der Waals surface area contributed by atoms with Crippen molar-refractivity contribution in [3.05, 3.63) is 35.5 Å². The quantitative estimate of drug-likeness (QED) is 0.744. The Morgan fingerprint density at radius 1 is 1.35 bits per heavy atom. The van der Waals surface area contributed by atoms with Gasteiger partial charge in [0.15, 0.2) is 0 Å². The summed E-state index contributed by atoms with van der Waals surface area (Å²) < 4.78 is 6.78. The Morgan fingerprint density at radius 3 is 2.65 bits per heavy atom. The van der Waals surface area contributed by atoms with Gasteiger partial charge in [-0.25, -0.2) is 4.79 Å². The van der Waals surface area contributed by atoms with Crippen LogP contribution in [0.1, 0.15) is 35.7 Å². The first-order chi connectivity index (χ1) is 8.04. The highest BCUT2D eigenvalue weighted by atomic mass is 16.5. The SMILES string of the molecule is COC(=O)c1ccc2c(C(C)C)cn(C)c2c1. The monoisotopic (exact) mass is 231 g/mol. The summed E-state index contributed by atoms with van der Waals surface area (Å²) in [5.74, 6) is 0.182. The maximum atomic E-state index is 11.5. The van der Waals surface area contributed by atoms with Crippen molar-refractivity contribution in [1.29, 1.82) is 0 Å². The van der Waals surface area contributed by atoms with Crippen molar-refractivity contribution in [2.24, 2.45) is 7.05 Å². The number of benzene rings is 1. The molecule has 0 atom stereocenters. The van der Waals surface area contributed by atoms with Gasteiger partial charge in [0, 0.05) is 24.1 Å². The molecule has 0 spiro atoms. The molecule has 2 aromatic rings. The number of esters is 1. The van der Waals surface area contributed by atoms with E-state index in [0.29, 0.717) is 11.5 Å². The Morgan fingerprint density at radius 2 is 2.06 bits per heavy atom. The van der Waals surface area contributed by atoms with Crippen molar-refractivity contribution in [2.45, 2.75) is 19.8 Å². The molecule has 0 bridgehead atoms. The van der Waals surface area contributed by atoms with Gasteiger partial charge in [-0.3, -0.25) is 0 Å². The standard InChI is InChI=1S/C14H17NO2/c1-9(2)12-8-15(3)13-7-10(14(16)17-4)5-6-11(12)13/h5-9H,1-4H3. The normalized spacial score (nSPS) is 11.1. The first kappa shape index (κ1) is 11.7. The fourth-order valence-electron chi connectivity index (χ4n) is 2.12. The molecule has 0 aliphatic carbocycles. The Hall–Kier alpha value is -1.77. The number of aromatic nitrogens is 1. The number of rotatable bonds is 2. The highest BCUT2D eigenvalue weighted by Gasteiger charge is 2.12. The molecule has 1 aromatic heterocycles. The average Bonchev–Trinajstić information content (AvgIpc) is 2.65. The van der Waals surface area contributed by atoms with Crippen LogP contribution in [-0.2, 0) is 11.8 Å². The van der Waals surface area contributed by atoms with E-state index in [4.69, 9.17) is 4.74 Å². The lowest BCUT2D eigenvalue weighted by Crippen LogP contribution is -2.01. The predicted octanol–water partition coefficient (Wildman–Crippen LogP) is 3.09. The van der Waals surface area contributed by atoms with Gasteiger partial charge in [0.25, 0.3) is 0 Å². The number of fused-ring (bicyclic) bond motifs is 1. The van der Waals surface area contributed by atoms with Crippen LogP contribution in [0.2, 0.25) is 0 Å². The molecule has 3 heteroatoms. The summed E-state index contributed by atoms with van der Waals surface area (Å²) in [7, 11) is 3.40. The van der Waals surface area contributed by atoms with E-state index in [9.17, 15) is 4.79 Å². The van der Waals surface area contributed by atoms with Gasteiger partial charge < -0.3 is 9.30 Å². The van der Waals surface area contributed by atoms with Gasteiger partial charge in [0.1, 0.15) is 0 Å². The minimum absolute atomic E-state index is 0.292. The number of ether oxygens (including phenoxy) is 1. The van der Waals surface area contributed by atoms with Crippen molar-refractivity contribution in [1.82, 2.24) is 4.57 Å². The number of aryl methyl sites for hydroxylation is 1. The number of carbonyl (C=O) groups excluding carboxylic acids is 1. The molecule has 1 heterocycles. The van der Waals surface area contributed by atoms with Gasteiger partial charge in [-0.1, -0.05) is 19.9 Å². The zero-order valence-corrected chi connectivity index (χ0v) is 10.7. The van der Waals surface area contributed by atoms with Crippen molar-refractivity contribution < 1.29 is 9.53 Å². The Kier molecular flexibility index (Phi) is 2.92. The van der Waals surface area contributed by atoms with Crippen LogP contribution in [0.25, 0.3) is 10.9 Å². The molecule has 0 amide bonds. The first-order valence-electron chi connectivity index (χ1n) is 5.72. The first-order valence-corrected chi connectivity index (χ1v) is 5.72. The molecule has 0 radical (unpaired) electrons. The van der Waals surface area contributed by atoms with Crippen LogP contribution in [0.3, 0.4) is 0 Å². The molecule has 0 aliphatic heterocycles. The summed E-state index contributed by atoms with van der Waals surface area (Å²) >= 11 is 0. The molecule has 2 rings (SSSR count). The lowest BCUT2D eigenvalue weighted by molar-refractivity contribution is 0.0601. The zero-order chi connectivity index (χ0) is 12.6. The van der Waals surface area contributed by atoms with E-state index in [-0.39, 0.29) is 5.97 Å². The van der Waals surface area contributed by atoms with Crippen LogP contribution < -0.4 is 0 Å². The highest BCUT2D eigenvalue weighted by molar-refractivity contribution is 5.95. The molecule has 17 heavy (non-hydrogen) atoms. The third-order valence-corrected chi connectivity index (χ3v) is 3.06. The molecule has 3 nitrogen and oxygen atoms in total. The molecular formula is C14H17NO2. The van der Waals surface area contributed by atoms with Gasteiger partial charge in [-0.2, -0.15) is 0 Å². The topological polar surface area (TPSA) is 31.2 Å². The van der Waals surface area contributed by atoms with Gasteiger partial charge in [-0.15, -0.1) is 0 Å². The minimum atomic E-state index is -0.292. The summed E-state index contributed by atoms with van der Waals surface area (Å²) in [6.45, 7) is 4.34. The third-order valence-electron chi connectivity index (χ3n) is 3.06. The molecular weight excluding hydrogens is 214 g/mol. The van der Waals surface area contributed by atoms with Crippen LogP contribution in [-0.4, -0.2) is 17.6 Å². The molecule has 0 fully saturated rings. The Balaban J connectivity index is 2.63. The molecule has 0 aliphatic rings. The van der Waals surface area contributed by atoms with Crippen molar-refractivity contribution in [3.8, 4) is 0 Å². The maximum Gasteiger partial charge on any atom is 0.337 e. The number of methoxy groups -OCH3 is 1. The van der Waals surface area contributed by atoms with Crippen LogP contribution in [0.5, 0.6) is 0 Å². The van der Waals surface area contributed by atoms with Crippen LogP contribution in [0, 0.1) is 0 Å². The summed E-state index contributed by atoms with van der Waals surface area (Å²) in [5.41, 5.74) is 2.96. The average molecular weight is 231 g/mol. The van der Waals surface area contributed by atoms with E-state index in [1.165, 1.54) is 18.1 Å². The molecule has 0 unspecified atom stereocenters. The molecule has 0 saturated heterocycles. The summed E-state index contributed by atoms with van der Waals surface area (Å²) in [4.78, 5) is 11.5. The van der Waals surface area contributed by atoms with Crippen molar-refractivity contribution >= 4 is 16.9 Å². The maximum absolute atomic E-state index is 11.5. The van der Waals surface area contributed by atoms with Crippen LogP contribution in [0.4, 0.5) is 0 Å². The van der Waals surface area contributed by atoms with Gasteiger partial charge in [0.2, 0.25) is 0 Å². The van der Waals surface area contributed by atoms with Gasteiger partial charge in [-0.05, 0) is 23.6 Å². The van der Waals surface area contributed by atoms with E-state index < -0.39 is 0 Å². The van der Waals surface area contributed by atoms with E-state index >= 15 is 0 Å². The molecule has 1 aromatic carbocycles.